The molecule has 0 spiro atoms. The number of phenols is 1. The molecule has 2 aromatic rings. The molecule has 1 amide bonds. The number of H-pyrrole nitrogens is 1. The highest BCUT2D eigenvalue weighted by atomic mass is 19.1. The fourth-order valence-corrected chi connectivity index (χ4v) is 1.26. The maximum absolute atomic E-state index is 13.3. The lowest BCUT2D eigenvalue weighted by molar-refractivity contribution is 0.102. The average molecular weight is 249 g/mol. The Morgan fingerprint density at radius 2 is 2.22 bits per heavy atom. The maximum atomic E-state index is 13.3. The number of halogens is 1. The van der Waals surface area contributed by atoms with Gasteiger partial charge in [-0.15, -0.1) is 0 Å². The predicted octanol–water partition coefficient (Wildman–Crippen LogP) is 0.867. The lowest BCUT2D eigenvalue weighted by Crippen LogP contribution is -2.17. The number of hydrogen-bond acceptors (Lipinski definition) is 4. The molecule has 18 heavy (non-hydrogen) atoms. The minimum absolute atomic E-state index is 0.0536. The molecule has 0 saturated heterocycles. The minimum atomic E-state index is -0.771. The summed E-state index contributed by atoms with van der Waals surface area (Å²) in [6.07, 6.45) is 2.07. The van der Waals surface area contributed by atoms with E-state index < -0.39 is 17.3 Å². The first-order chi connectivity index (χ1) is 8.56. The first-order valence-electron chi connectivity index (χ1n) is 4.91. The number of carbonyl (C=O) groups excluding carboxylic acids is 1. The molecule has 0 unspecified atom stereocenters. The van der Waals surface area contributed by atoms with Crippen LogP contribution in [0.5, 0.6) is 5.75 Å². The Bertz CT molecular complexity index is 634. The molecule has 92 valence electrons. The van der Waals surface area contributed by atoms with Gasteiger partial charge in [0.05, 0.1) is 11.9 Å². The lowest BCUT2D eigenvalue weighted by Gasteiger charge is -2.05. The first kappa shape index (κ1) is 11.8. The van der Waals surface area contributed by atoms with E-state index in [9.17, 15) is 14.0 Å². The van der Waals surface area contributed by atoms with Crippen LogP contribution in [0, 0.1) is 5.82 Å². The van der Waals surface area contributed by atoms with E-state index in [1.807, 2.05) is 0 Å². The van der Waals surface area contributed by atoms with Crippen molar-refractivity contribution in [1.82, 2.24) is 9.97 Å². The van der Waals surface area contributed by atoms with Crippen LogP contribution >= 0.6 is 0 Å². The number of nitrogens with zero attached hydrogens (tertiary/aromatic N) is 1. The van der Waals surface area contributed by atoms with Crippen LogP contribution in [-0.4, -0.2) is 21.0 Å². The van der Waals surface area contributed by atoms with E-state index in [1.165, 1.54) is 12.1 Å². The largest absolute Gasteiger partial charge is 0.508 e. The number of hydrogen-bond donors (Lipinski definition) is 3. The molecule has 1 aromatic heterocycles. The molecule has 0 radical (unpaired) electrons. The van der Waals surface area contributed by atoms with Crippen LogP contribution in [0.1, 0.15) is 10.5 Å². The average Bonchev–Trinajstić information content (AvgIpc) is 2.33. The first-order valence-corrected chi connectivity index (χ1v) is 4.91. The summed E-state index contributed by atoms with van der Waals surface area (Å²) in [4.78, 5) is 28.3. The minimum Gasteiger partial charge on any atom is -0.508 e. The molecular weight excluding hydrogens is 241 g/mol. The van der Waals surface area contributed by atoms with Crippen molar-refractivity contribution in [3.63, 3.8) is 0 Å². The Morgan fingerprint density at radius 1 is 1.44 bits per heavy atom. The molecule has 0 atom stereocenters. The van der Waals surface area contributed by atoms with Gasteiger partial charge < -0.3 is 15.4 Å². The number of carbonyl (C=O) groups is 1. The van der Waals surface area contributed by atoms with Gasteiger partial charge in [-0.05, 0) is 12.1 Å². The van der Waals surface area contributed by atoms with Crippen LogP contribution in [0.4, 0.5) is 10.1 Å². The molecule has 0 saturated carbocycles. The van der Waals surface area contributed by atoms with Gasteiger partial charge in [0.1, 0.15) is 17.3 Å². The number of aromatic amines is 1. The number of benzene rings is 1. The fraction of sp³-hybridized carbons (Fsp3) is 0. The van der Waals surface area contributed by atoms with Crippen LogP contribution in [-0.2, 0) is 0 Å². The van der Waals surface area contributed by atoms with Crippen molar-refractivity contribution in [2.75, 3.05) is 5.32 Å². The van der Waals surface area contributed by atoms with Crippen molar-refractivity contribution in [1.29, 1.82) is 0 Å². The molecule has 0 aliphatic heterocycles. The third-order valence-corrected chi connectivity index (χ3v) is 2.11. The quantitative estimate of drug-likeness (QED) is 0.688. The van der Waals surface area contributed by atoms with Gasteiger partial charge in [-0.3, -0.25) is 9.59 Å². The molecule has 3 N–H and O–H groups in total. The molecule has 6 nitrogen and oxygen atoms in total. The number of aromatic hydroxyl groups is 1. The predicted molar refractivity (Wildman–Crippen MR) is 60.9 cm³/mol. The van der Waals surface area contributed by atoms with Crippen LogP contribution in [0.2, 0.25) is 0 Å². The second-order valence-corrected chi connectivity index (χ2v) is 3.41. The van der Waals surface area contributed by atoms with Crippen molar-refractivity contribution in [3.8, 4) is 5.75 Å². The number of anilines is 1. The normalized spacial score (nSPS) is 10.1. The van der Waals surface area contributed by atoms with Crippen LogP contribution in [0.3, 0.4) is 0 Å². The van der Waals surface area contributed by atoms with Crippen molar-refractivity contribution in [2.24, 2.45) is 0 Å². The smallest absolute Gasteiger partial charge is 0.275 e. The van der Waals surface area contributed by atoms with Crippen molar-refractivity contribution in [3.05, 3.63) is 52.5 Å². The Morgan fingerprint density at radius 3 is 2.83 bits per heavy atom. The zero-order valence-corrected chi connectivity index (χ0v) is 8.98. The van der Waals surface area contributed by atoms with E-state index in [0.29, 0.717) is 0 Å². The van der Waals surface area contributed by atoms with Gasteiger partial charge in [0.25, 0.3) is 11.5 Å². The summed E-state index contributed by atoms with van der Waals surface area (Å²) in [5.41, 5.74) is -0.588. The third-order valence-electron chi connectivity index (χ3n) is 2.11. The Balaban J connectivity index is 2.21. The summed E-state index contributed by atoms with van der Waals surface area (Å²) in [5, 5.41) is 11.3. The van der Waals surface area contributed by atoms with E-state index in [2.05, 4.69) is 15.3 Å². The summed E-state index contributed by atoms with van der Waals surface area (Å²) in [5.74, 6) is -1.68. The van der Waals surface area contributed by atoms with E-state index in [4.69, 9.17) is 5.11 Å². The van der Waals surface area contributed by atoms with E-state index in [0.717, 1.165) is 18.5 Å². The van der Waals surface area contributed by atoms with Crippen LogP contribution < -0.4 is 10.9 Å². The Labute approximate surface area is 100 Å². The molecule has 2 rings (SSSR count). The Kier molecular flexibility index (Phi) is 3.05. The molecular formula is C11H8FN3O3. The van der Waals surface area contributed by atoms with Crippen molar-refractivity contribution >= 4 is 11.6 Å². The van der Waals surface area contributed by atoms with E-state index in [1.54, 1.807) is 0 Å². The highest BCUT2D eigenvalue weighted by Gasteiger charge is 2.10. The standard InChI is InChI=1S/C11H8FN3O3/c12-7-3-6(16)1-2-8(7)15-11(18)9-4-14-10(17)5-13-9/h1-5,16H,(H,14,17)(H,15,18). The van der Waals surface area contributed by atoms with Gasteiger partial charge in [0.15, 0.2) is 0 Å². The number of amides is 1. The summed E-state index contributed by atoms with van der Waals surface area (Å²) in [6, 6.07) is 3.32. The third kappa shape index (κ3) is 2.51. The van der Waals surface area contributed by atoms with E-state index in [-0.39, 0.29) is 17.1 Å². The van der Waals surface area contributed by atoms with Crippen LogP contribution in [0.25, 0.3) is 0 Å². The zero-order valence-electron chi connectivity index (χ0n) is 8.98. The summed E-state index contributed by atoms with van der Waals surface area (Å²) >= 11 is 0. The van der Waals surface area contributed by atoms with Gasteiger partial charge in [-0.2, -0.15) is 0 Å². The molecule has 0 aliphatic rings. The Hall–Kier alpha value is -2.70. The number of aromatic nitrogens is 2. The maximum Gasteiger partial charge on any atom is 0.275 e. The van der Waals surface area contributed by atoms with E-state index >= 15 is 0 Å². The van der Waals surface area contributed by atoms with Gasteiger partial charge in [0, 0.05) is 12.3 Å². The van der Waals surface area contributed by atoms with Gasteiger partial charge in [0.2, 0.25) is 0 Å². The molecule has 1 heterocycles. The number of rotatable bonds is 2. The second kappa shape index (κ2) is 4.66. The van der Waals surface area contributed by atoms with Crippen LogP contribution in [0.15, 0.2) is 35.4 Å². The molecule has 0 bridgehead atoms. The van der Waals surface area contributed by atoms with Gasteiger partial charge in [-0.25, -0.2) is 9.37 Å². The lowest BCUT2D eigenvalue weighted by atomic mass is 10.2. The topological polar surface area (TPSA) is 95.1 Å². The summed E-state index contributed by atoms with van der Waals surface area (Å²) in [7, 11) is 0. The SMILES string of the molecule is O=C(Nc1ccc(O)cc1F)c1c[nH]c(=O)cn1. The second-order valence-electron chi connectivity index (χ2n) is 3.41. The van der Waals surface area contributed by atoms with Crippen molar-refractivity contribution in [2.45, 2.75) is 0 Å². The molecule has 0 fully saturated rings. The number of phenolic OH excluding ortho intramolecular Hbond substituents is 1. The fourth-order valence-electron chi connectivity index (χ4n) is 1.26. The highest BCUT2D eigenvalue weighted by Crippen LogP contribution is 2.19. The molecule has 7 heteroatoms. The number of nitrogens with one attached hydrogen (secondary N) is 2. The summed E-state index contributed by atoms with van der Waals surface area (Å²) in [6.45, 7) is 0. The molecule has 1 aromatic carbocycles. The summed E-state index contributed by atoms with van der Waals surface area (Å²) < 4.78 is 13.3. The molecule has 0 aliphatic carbocycles. The highest BCUT2D eigenvalue weighted by molar-refractivity contribution is 6.02. The van der Waals surface area contributed by atoms with Gasteiger partial charge in [-0.1, -0.05) is 0 Å². The zero-order chi connectivity index (χ0) is 13.1. The van der Waals surface area contributed by atoms with Crippen molar-refractivity contribution < 1.29 is 14.3 Å². The van der Waals surface area contributed by atoms with Gasteiger partial charge >= 0.3 is 0 Å². The monoisotopic (exact) mass is 249 g/mol.